The van der Waals surface area contributed by atoms with Gasteiger partial charge >= 0.3 is 110 Å². The maximum atomic E-state index is 5.97. The Labute approximate surface area is 110 Å². The van der Waals surface area contributed by atoms with Gasteiger partial charge in [0.1, 0.15) is 0 Å². The zero-order valence-corrected chi connectivity index (χ0v) is 14.1. The molecule has 0 aliphatic carbocycles. The van der Waals surface area contributed by atoms with Crippen molar-refractivity contribution < 1.29 is 3.07 Å². The van der Waals surface area contributed by atoms with E-state index in [0.29, 0.717) is 0 Å². The Morgan fingerprint density at radius 1 is 0.800 bits per heavy atom. The first-order chi connectivity index (χ1) is 7.24. The van der Waals surface area contributed by atoms with E-state index in [1.807, 2.05) is 0 Å². The molecular formula is C13H28OSn. The van der Waals surface area contributed by atoms with E-state index in [-0.39, 0.29) is 5.60 Å². The van der Waals surface area contributed by atoms with Crippen LogP contribution in [-0.4, -0.2) is 28.5 Å². The van der Waals surface area contributed by atoms with Crippen LogP contribution in [0.15, 0.2) is 0 Å². The molecule has 0 N–H and O–H groups in total. The fourth-order valence-corrected chi connectivity index (χ4v) is 3.06. The summed E-state index contributed by atoms with van der Waals surface area (Å²) in [4.78, 5) is 0. The van der Waals surface area contributed by atoms with Gasteiger partial charge in [-0.25, -0.2) is 0 Å². The van der Waals surface area contributed by atoms with Crippen molar-refractivity contribution in [3.8, 4) is 0 Å². The van der Waals surface area contributed by atoms with Crippen molar-refractivity contribution in [2.45, 2.75) is 84.2 Å². The van der Waals surface area contributed by atoms with Crippen molar-refractivity contribution in [3.63, 3.8) is 0 Å². The van der Waals surface area contributed by atoms with Crippen molar-refractivity contribution in [3.05, 3.63) is 0 Å². The SMILES string of the molecule is CCCCC(CCCC)(CCCC)[O][SnH]. The number of hydrogen-bond donors (Lipinski definition) is 0. The molecule has 0 aliphatic heterocycles. The van der Waals surface area contributed by atoms with E-state index >= 15 is 0 Å². The van der Waals surface area contributed by atoms with Gasteiger partial charge in [0, 0.05) is 0 Å². The van der Waals surface area contributed by atoms with Crippen LogP contribution in [0.25, 0.3) is 0 Å². The van der Waals surface area contributed by atoms with Crippen LogP contribution >= 0.6 is 0 Å². The molecule has 15 heavy (non-hydrogen) atoms. The summed E-state index contributed by atoms with van der Waals surface area (Å²) in [6, 6.07) is 0. The van der Waals surface area contributed by atoms with Gasteiger partial charge in [-0.3, -0.25) is 0 Å². The van der Waals surface area contributed by atoms with E-state index in [1.165, 1.54) is 57.8 Å². The summed E-state index contributed by atoms with van der Waals surface area (Å²) in [6.45, 7) is 6.82. The van der Waals surface area contributed by atoms with Crippen LogP contribution in [0, 0.1) is 0 Å². The molecule has 90 valence electrons. The normalized spacial score (nSPS) is 12.0. The van der Waals surface area contributed by atoms with Crippen LogP contribution < -0.4 is 0 Å². The van der Waals surface area contributed by atoms with Gasteiger partial charge in [-0.15, -0.1) is 0 Å². The third kappa shape index (κ3) is 6.83. The van der Waals surface area contributed by atoms with Crippen LogP contribution in [0.2, 0.25) is 0 Å². The van der Waals surface area contributed by atoms with E-state index in [0.717, 1.165) is 22.9 Å². The van der Waals surface area contributed by atoms with Gasteiger partial charge < -0.3 is 0 Å². The van der Waals surface area contributed by atoms with E-state index in [2.05, 4.69) is 20.8 Å². The number of rotatable bonds is 10. The molecule has 0 bridgehead atoms. The van der Waals surface area contributed by atoms with Crippen LogP contribution in [0.5, 0.6) is 0 Å². The van der Waals surface area contributed by atoms with Crippen LogP contribution in [0.4, 0.5) is 0 Å². The Morgan fingerprint density at radius 3 is 1.33 bits per heavy atom. The third-order valence-corrected chi connectivity index (χ3v) is 4.63. The second-order valence-corrected chi connectivity index (χ2v) is 5.28. The molecule has 0 amide bonds. The van der Waals surface area contributed by atoms with Crippen molar-refractivity contribution in [2.75, 3.05) is 0 Å². The molecule has 0 fully saturated rings. The standard InChI is InChI=1S/C13H27O.Sn.H/c1-4-7-10-13(14,11-8-5-2)12-9-6-3;;/h4-12H2,1-3H3;;/q-1;+1;. The van der Waals surface area contributed by atoms with Crippen molar-refractivity contribution in [2.24, 2.45) is 0 Å². The monoisotopic (exact) mass is 320 g/mol. The molecule has 0 spiro atoms. The van der Waals surface area contributed by atoms with Gasteiger partial charge in [-0.1, -0.05) is 0 Å². The minimum absolute atomic E-state index is 0.254. The van der Waals surface area contributed by atoms with Crippen molar-refractivity contribution in [1.29, 1.82) is 0 Å². The van der Waals surface area contributed by atoms with Crippen LogP contribution in [0.1, 0.15) is 78.6 Å². The average molecular weight is 319 g/mol. The zero-order chi connectivity index (χ0) is 11.6. The zero-order valence-electron chi connectivity index (χ0n) is 10.8. The van der Waals surface area contributed by atoms with Crippen LogP contribution in [0.3, 0.4) is 0 Å². The minimum atomic E-state index is 0.254. The van der Waals surface area contributed by atoms with Gasteiger partial charge in [0.2, 0.25) is 0 Å². The molecule has 0 aliphatic rings. The molecule has 0 heterocycles. The molecule has 0 unspecified atom stereocenters. The topological polar surface area (TPSA) is 9.23 Å². The Hall–Kier alpha value is 0.759. The van der Waals surface area contributed by atoms with Gasteiger partial charge in [0.15, 0.2) is 0 Å². The van der Waals surface area contributed by atoms with Crippen LogP contribution in [-0.2, 0) is 3.07 Å². The molecule has 0 saturated carbocycles. The predicted molar refractivity (Wildman–Crippen MR) is 69.5 cm³/mol. The summed E-state index contributed by atoms with van der Waals surface area (Å²) >= 11 is 0.961. The van der Waals surface area contributed by atoms with Gasteiger partial charge in [-0.2, -0.15) is 0 Å². The van der Waals surface area contributed by atoms with E-state index < -0.39 is 0 Å². The summed E-state index contributed by atoms with van der Waals surface area (Å²) in [5.74, 6) is 0. The maximum absolute atomic E-state index is 5.97. The second kappa shape index (κ2) is 9.95. The second-order valence-electron chi connectivity index (χ2n) is 4.61. The first kappa shape index (κ1) is 15.8. The van der Waals surface area contributed by atoms with E-state index in [9.17, 15) is 0 Å². The van der Waals surface area contributed by atoms with Crippen molar-refractivity contribution in [1.82, 2.24) is 0 Å². The summed E-state index contributed by atoms with van der Waals surface area (Å²) in [7, 11) is 0. The summed E-state index contributed by atoms with van der Waals surface area (Å²) in [5.41, 5.74) is 0.254. The summed E-state index contributed by atoms with van der Waals surface area (Å²) in [6.07, 6.45) is 11.7. The number of hydrogen-bond acceptors (Lipinski definition) is 1. The molecule has 0 aromatic rings. The fraction of sp³-hybridized carbons (Fsp3) is 1.00. The molecule has 0 atom stereocenters. The van der Waals surface area contributed by atoms with Gasteiger partial charge in [0.05, 0.1) is 0 Å². The van der Waals surface area contributed by atoms with Gasteiger partial charge in [0.25, 0.3) is 0 Å². The molecule has 0 rings (SSSR count). The Balaban J connectivity index is 4.16. The third-order valence-electron chi connectivity index (χ3n) is 3.21. The molecular weight excluding hydrogens is 291 g/mol. The predicted octanol–water partition coefficient (Wildman–Crippen LogP) is 4.13. The molecule has 0 aromatic carbocycles. The molecule has 0 aromatic heterocycles. The van der Waals surface area contributed by atoms with E-state index in [1.54, 1.807) is 0 Å². The fourth-order valence-electron chi connectivity index (χ4n) is 2.05. The average Bonchev–Trinajstić information content (AvgIpc) is 2.29. The molecule has 2 heteroatoms. The first-order valence-electron chi connectivity index (χ1n) is 6.62. The van der Waals surface area contributed by atoms with Crippen molar-refractivity contribution >= 4 is 22.9 Å². The Kier molecular flexibility index (Phi) is 10.5. The summed E-state index contributed by atoms with van der Waals surface area (Å²) < 4.78 is 5.97. The molecule has 2 radical (unpaired) electrons. The number of unbranched alkanes of at least 4 members (excludes halogenated alkanes) is 3. The first-order valence-corrected chi connectivity index (χ1v) is 7.97. The molecule has 1 nitrogen and oxygen atoms in total. The quantitative estimate of drug-likeness (QED) is 0.550. The Morgan fingerprint density at radius 2 is 1.13 bits per heavy atom. The Bertz CT molecular complexity index is 115. The van der Waals surface area contributed by atoms with Gasteiger partial charge in [-0.05, 0) is 0 Å². The summed E-state index contributed by atoms with van der Waals surface area (Å²) in [5, 5.41) is 0. The van der Waals surface area contributed by atoms with E-state index in [4.69, 9.17) is 3.07 Å². The molecule has 0 saturated heterocycles.